The minimum atomic E-state index is -0.0674. The highest BCUT2D eigenvalue weighted by Gasteiger charge is 2.30. The maximum atomic E-state index is 13.0. The first-order valence-electron chi connectivity index (χ1n) is 7.60. The quantitative estimate of drug-likeness (QED) is 0.940. The number of pyridine rings is 1. The highest BCUT2D eigenvalue weighted by molar-refractivity contribution is 6.07. The Morgan fingerprint density at radius 1 is 1.41 bits per heavy atom. The average molecular weight is 299 g/mol. The molecule has 0 unspecified atom stereocenters. The van der Waals surface area contributed by atoms with E-state index in [-0.39, 0.29) is 18.6 Å². The van der Waals surface area contributed by atoms with Crippen molar-refractivity contribution in [1.29, 1.82) is 0 Å². The lowest BCUT2D eigenvalue weighted by Crippen LogP contribution is -2.37. The molecule has 0 radical (unpaired) electrons. The Bertz CT molecular complexity index is 699. The fourth-order valence-corrected chi connectivity index (χ4v) is 3.02. The number of aliphatic hydroxyl groups excluding tert-OH is 1. The molecule has 1 atom stereocenters. The van der Waals surface area contributed by atoms with Crippen LogP contribution in [0.4, 0.5) is 5.82 Å². The third-order valence-corrected chi connectivity index (χ3v) is 4.24. The topological polar surface area (TPSA) is 56.7 Å². The third kappa shape index (κ3) is 2.52. The number of nitrogens with zero attached hydrogens (tertiary/aromatic N) is 3. The number of rotatable bonds is 3. The number of hydrogen-bond donors (Lipinski definition) is 1. The van der Waals surface area contributed by atoms with Gasteiger partial charge in [0.1, 0.15) is 5.82 Å². The molecule has 2 heterocycles. The molecule has 1 saturated heterocycles. The van der Waals surface area contributed by atoms with Crippen LogP contribution in [0.25, 0.3) is 10.9 Å². The zero-order chi connectivity index (χ0) is 15.7. The van der Waals surface area contributed by atoms with Crippen molar-refractivity contribution in [2.24, 2.45) is 0 Å². The minimum absolute atomic E-state index is 0.0155. The number of benzene rings is 1. The molecule has 1 aromatic heterocycles. The Labute approximate surface area is 130 Å². The summed E-state index contributed by atoms with van der Waals surface area (Å²) in [7, 11) is 3.83. The Morgan fingerprint density at radius 3 is 2.91 bits per heavy atom. The van der Waals surface area contributed by atoms with Crippen LogP contribution in [-0.2, 0) is 0 Å². The van der Waals surface area contributed by atoms with Gasteiger partial charge in [-0.1, -0.05) is 18.2 Å². The van der Waals surface area contributed by atoms with Gasteiger partial charge in [0.2, 0.25) is 0 Å². The Morgan fingerprint density at radius 2 is 2.18 bits per heavy atom. The van der Waals surface area contributed by atoms with Crippen LogP contribution < -0.4 is 4.90 Å². The van der Waals surface area contributed by atoms with E-state index in [9.17, 15) is 9.90 Å². The summed E-state index contributed by atoms with van der Waals surface area (Å²) < 4.78 is 0. The molecule has 22 heavy (non-hydrogen) atoms. The maximum Gasteiger partial charge on any atom is 0.255 e. The molecular formula is C17H21N3O2. The van der Waals surface area contributed by atoms with E-state index < -0.39 is 0 Å². The van der Waals surface area contributed by atoms with Crippen LogP contribution in [-0.4, -0.2) is 54.2 Å². The number of para-hydroxylation sites is 1. The molecule has 1 aliphatic rings. The first-order valence-corrected chi connectivity index (χ1v) is 7.60. The van der Waals surface area contributed by atoms with Crippen LogP contribution in [0.2, 0.25) is 0 Å². The smallest absolute Gasteiger partial charge is 0.255 e. The number of aromatic nitrogens is 1. The molecule has 1 fully saturated rings. The van der Waals surface area contributed by atoms with Gasteiger partial charge in [0, 0.05) is 26.0 Å². The molecular weight excluding hydrogens is 278 g/mol. The number of amides is 1. The lowest BCUT2D eigenvalue weighted by Gasteiger charge is -2.24. The monoisotopic (exact) mass is 299 g/mol. The van der Waals surface area contributed by atoms with Crippen molar-refractivity contribution in [2.75, 3.05) is 32.1 Å². The summed E-state index contributed by atoms with van der Waals surface area (Å²) in [6.07, 6.45) is 1.81. The van der Waals surface area contributed by atoms with Crippen LogP contribution in [0.3, 0.4) is 0 Å². The number of likely N-dealkylation sites (tertiary alicyclic amines) is 1. The highest BCUT2D eigenvalue weighted by Crippen LogP contribution is 2.26. The van der Waals surface area contributed by atoms with E-state index in [2.05, 4.69) is 4.98 Å². The van der Waals surface area contributed by atoms with Crippen LogP contribution in [0.15, 0.2) is 30.3 Å². The van der Waals surface area contributed by atoms with Crippen molar-refractivity contribution >= 4 is 22.6 Å². The molecule has 0 aliphatic carbocycles. The Kier molecular flexibility index (Phi) is 3.98. The molecule has 1 N–H and O–H groups in total. The van der Waals surface area contributed by atoms with Gasteiger partial charge in [-0.25, -0.2) is 4.98 Å². The van der Waals surface area contributed by atoms with Gasteiger partial charge < -0.3 is 14.9 Å². The lowest BCUT2D eigenvalue weighted by atomic mass is 10.1. The largest absolute Gasteiger partial charge is 0.394 e. The van der Waals surface area contributed by atoms with Gasteiger partial charge in [-0.15, -0.1) is 0 Å². The lowest BCUT2D eigenvalue weighted by molar-refractivity contribution is 0.0679. The number of anilines is 1. The third-order valence-electron chi connectivity index (χ3n) is 4.24. The van der Waals surface area contributed by atoms with Crippen LogP contribution in [0, 0.1) is 0 Å². The summed E-state index contributed by atoms with van der Waals surface area (Å²) in [6, 6.07) is 9.48. The zero-order valence-electron chi connectivity index (χ0n) is 13.0. The highest BCUT2D eigenvalue weighted by atomic mass is 16.3. The van der Waals surface area contributed by atoms with Crippen LogP contribution in [0.1, 0.15) is 23.2 Å². The predicted octanol–water partition coefficient (Wildman–Crippen LogP) is 1.90. The summed E-state index contributed by atoms with van der Waals surface area (Å²) in [5.41, 5.74) is 1.48. The molecule has 116 valence electrons. The standard InChI is InChI=1S/C17H21N3O2/c1-19(2)16-10-14(13-7-3-4-8-15(13)18-16)17(22)20-9-5-6-12(20)11-21/h3-4,7-8,10,12,21H,5-6,9,11H2,1-2H3/t12-/m0/s1. The van der Waals surface area contributed by atoms with Gasteiger partial charge in [-0.2, -0.15) is 0 Å². The Hall–Kier alpha value is -2.14. The maximum absolute atomic E-state index is 13.0. The van der Waals surface area contributed by atoms with E-state index in [1.807, 2.05) is 49.3 Å². The van der Waals surface area contributed by atoms with Gasteiger partial charge in [0.25, 0.3) is 5.91 Å². The summed E-state index contributed by atoms with van der Waals surface area (Å²) in [4.78, 5) is 21.3. The van der Waals surface area contributed by atoms with E-state index >= 15 is 0 Å². The first kappa shape index (κ1) is 14.8. The van der Waals surface area contributed by atoms with E-state index in [1.54, 1.807) is 4.90 Å². The van der Waals surface area contributed by atoms with Crippen molar-refractivity contribution < 1.29 is 9.90 Å². The minimum Gasteiger partial charge on any atom is -0.394 e. The second kappa shape index (κ2) is 5.93. The van der Waals surface area contributed by atoms with Gasteiger partial charge >= 0.3 is 0 Å². The van der Waals surface area contributed by atoms with Gasteiger partial charge in [-0.3, -0.25) is 4.79 Å². The van der Waals surface area contributed by atoms with Crippen molar-refractivity contribution in [1.82, 2.24) is 9.88 Å². The van der Waals surface area contributed by atoms with E-state index in [1.165, 1.54) is 0 Å². The number of aliphatic hydroxyl groups is 1. The molecule has 1 aliphatic heterocycles. The average Bonchev–Trinajstić information content (AvgIpc) is 3.01. The van der Waals surface area contributed by atoms with Crippen molar-refractivity contribution in [2.45, 2.75) is 18.9 Å². The van der Waals surface area contributed by atoms with Crippen molar-refractivity contribution in [3.63, 3.8) is 0 Å². The molecule has 5 nitrogen and oxygen atoms in total. The Balaban J connectivity index is 2.10. The van der Waals surface area contributed by atoms with E-state index in [0.717, 1.165) is 29.6 Å². The second-order valence-electron chi connectivity index (χ2n) is 5.92. The SMILES string of the molecule is CN(C)c1cc(C(=O)N2CCC[C@H]2CO)c2ccccc2n1. The summed E-state index contributed by atoms with van der Waals surface area (Å²) in [5.74, 6) is 0.750. The summed E-state index contributed by atoms with van der Waals surface area (Å²) in [6.45, 7) is 0.729. The van der Waals surface area contributed by atoms with Crippen molar-refractivity contribution in [3.05, 3.63) is 35.9 Å². The van der Waals surface area contributed by atoms with Crippen LogP contribution >= 0.6 is 0 Å². The molecule has 2 aromatic rings. The number of carbonyl (C=O) groups is 1. The molecule has 5 heteroatoms. The van der Waals surface area contributed by atoms with Crippen molar-refractivity contribution in [3.8, 4) is 0 Å². The number of fused-ring (bicyclic) bond motifs is 1. The molecule has 3 rings (SSSR count). The van der Waals surface area contributed by atoms with Gasteiger partial charge in [0.15, 0.2) is 0 Å². The fourth-order valence-electron chi connectivity index (χ4n) is 3.02. The van der Waals surface area contributed by atoms with Gasteiger partial charge in [-0.05, 0) is 25.0 Å². The normalized spacial score (nSPS) is 18.0. The second-order valence-corrected chi connectivity index (χ2v) is 5.92. The number of carbonyl (C=O) groups excluding carboxylic acids is 1. The number of hydrogen-bond acceptors (Lipinski definition) is 4. The van der Waals surface area contributed by atoms with E-state index in [4.69, 9.17) is 0 Å². The predicted molar refractivity (Wildman–Crippen MR) is 87.2 cm³/mol. The molecule has 1 aromatic carbocycles. The fraction of sp³-hybridized carbons (Fsp3) is 0.412. The zero-order valence-corrected chi connectivity index (χ0v) is 13.0. The molecule has 1 amide bonds. The summed E-state index contributed by atoms with van der Waals surface area (Å²) in [5, 5.41) is 10.3. The molecule has 0 saturated carbocycles. The van der Waals surface area contributed by atoms with Gasteiger partial charge in [0.05, 0.1) is 23.7 Å². The molecule has 0 bridgehead atoms. The molecule has 0 spiro atoms. The first-order chi connectivity index (χ1) is 10.6. The van der Waals surface area contributed by atoms with Crippen LogP contribution in [0.5, 0.6) is 0 Å². The summed E-state index contributed by atoms with van der Waals surface area (Å²) >= 11 is 0. The van der Waals surface area contributed by atoms with E-state index in [0.29, 0.717) is 12.1 Å².